The highest BCUT2D eigenvalue weighted by atomic mass is 16.5. The Balaban J connectivity index is 1.51. The molecule has 0 unspecified atom stereocenters. The van der Waals surface area contributed by atoms with Crippen LogP contribution in [0.15, 0.2) is 48.5 Å². The molecule has 29 heavy (non-hydrogen) atoms. The van der Waals surface area contributed by atoms with E-state index in [1.54, 1.807) is 4.90 Å². The van der Waals surface area contributed by atoms with Crippen LogP contribution in [-0.2, 0) is 25.7 Å². The van der Waals surface area contributed by atoms with Crippen molar-refractivity contribution < 1.29 is 19.1 Å². The fraction of sp³-hybridized carbons (Fsp3) is 0.348. The van der Waals surface area contributed by atoms with Crippen molar-refractivity contribution in [3.8, 4) is 0 Å². The van der Waals surface area contributed by atoms with E-state index in [0.29, 0.717) is 6.54 Å². The van der Waals surface area contributed by atoms with Crippen LogP contribution in [0, 0.1) is 19.8 Å². The maximum absolute atomic E-state index is 12.5. The third-order valence-corrected chi connectivity index (χ3v) is 5.05. The number of carbonyl (C=O) groups is 3. The summed E-state index contributed by atoms with van der Waals surface area (Å²) >= 11 is 0. The van der Waals surface area contributed by atoms with E-state index in [9.17, 15) is 14.4 Å². The van der Waals surface area contributed by atoms with Gasteiger partial charge in [-0.3, -0.25) is 14.4 Å². The maximum Gasteiger partial charge on any atom is 0.312 e. The molecule has 0 bridgehead atoms. The Labute approximate surface area is 170 Å². The van der Waals surface area contributed by atoms with Crippen LogP contribution in [0.4, 0.5) is 5.69 Å². The summed E-state index contributed by atoms with van der Waals surface area (Å²) in [7, 11) is 0. The molecule has 2 atom stereocenters. The number of ether oxygens (including phenoxy) is 1. The average molecular weight is 394 g/mol. The van der Waals surface area contributed by atoms with Crippen molar-refractivity contribution in [2.45, 2.75) is 39.8 Å². The van der Waals surface area contributed by atoms with E-state index in [1.165, 1.54) is 6.92 Å². The van der Waals surface area contributed by atoms with E-state index in [-0.39, 0.29) is 24.8 Å². The highest BCUT2D eigenvalue weighted by molar-refractivity contribution is 5.99. The van der Waals surface area contributed by atoms with E-state index in [2.05, 4.69) is 5.32 Å². The fourth-order valence-electron chi connectivity index (χ4n) is 3.20. The van der Waals surface area contributed by atoms with Crippen LogP contribution in [0.1, 0.15) is 30.0 Å². The van der Waals surface area contributed by atoms with Crippen LogP contribution in [0.3, 0.4) is 0 Å². The molecular weight excluding hydrogens is 368 g/mol. The number of carbonyl (C=O) groups excluding carboxylic acids is 3. The van der Waals surface area contributed by atoms with Crippen molar-refractivity contribution in [3.05, 3.63) is 65.2 Å². The average Bonchev–Trinajstić information content (AvgIpc) is 3.09. The first-order valence-corrected chi connectivity index (χ1v) is 9.74. The van der Waals surface area contributed by atoms with Gasteiger partial charge in [0.15, 0.2) is 6.10 Å². The lowest BCUT2D eigenvalue weighted by Gasteiger charge is -2.18. The quantitative estimate of drug-likeness (QED) is 0.765. The van der Waals surface area contributed by atoms with Gasteiger partial charge in [-0.15, -0.1) is 0 Å². The minimum Gasteiger partial charge on any atom is -0.452 e. The molecule has 0 saturated carbocycles. The van der Waals surface area contributed by atoms with Crippen molar-refractivity contribution in [2.24, 2.45) is 5.92 Å². The maximum atomic E-state index is 12.5. The van der Waals surface area contributed by atoms with E-state index in [0.717, 1.165) is 22.4 Å². The van der Waals surface area contributed by atoms with Gasteiger partial charge in [-0.25, -0.2) is 0 Å². The third-order valence-electron chi connectivity index (χ3n) is 5.05. The monoisotopic (exact) mass is 394 g/mol. The molecule has 0 aliphatic carbocycles. The fourth-order valence-corrected chi connectivity index (χ4v) is 3.20. The van der Waals surface area contributed by atoms with Crippen LogP contribution in [0.2, 0.25) is 0 Å². The zero-order valence-electron chi connectivity index (χ0n) is 17.0. The predicted octanol–water partition coefficient (Wildman–Crippen LogP) is 2.90. The minimum absolute atomic E-state index is 0.0877. The summed E-state index contributed by atoms with van der Waals surface area (Å²) in [5, 5.41) is 2.77. The van der Waals surface area contributed by atoms with Crippen LogP contribution in [-0.4, -0.2) is 30.4 Å². The van der Waals surface area contributed by atoms with E-state index >= 15 is 0 Å². The molecule has 1 N–H and O–H groups in total. The number of amides is 2. The van der Waals surface area contributed by atoms with E-state index in [1.807, 2.05) is 62.4 Å². The van der Waals surface area contributed by atoms with Gasteiger partial charge in [0, 0.05) is 25.2 Å². The van der Waals surface area contributed by atoms with Gasteiger partial charge in [0.1, 0.15) is 0 Å². The molecule has 0 radical (unpaired) electrons. The number of esters is 1. The summed E-state index contributed by atoms with van der Waals surface area (Å²) in [6, 6.07) is 15.4. The van der Waals surface area contributed by atoms with Gasteiger partial charge in [-0.2, -0.15) is 0 Å². The Morgan fingerprint density at radius 2 is 1.66 bits per heavy atom. The number of benzene rings is 2. The normalized spacial score (nSPS) is 17.1. The Kier molecular flexibility index (Phi) is 6.32. The molecule has 6 heteroatoms. The van der Waals surface area contributed by atoms with Crippen LogP contribution < -0.4 is 10.2 Å². The van der Waals surface area contributed by atoms with Crippen LogP contribution >= 0.6 is 0 Å². The van der Waals surface area contributed by atoms with Crippen molar-refractivity contribution in [1.82, 2.24) is 5.32 Å². The minimum atomic E-state index is -0.920. The molecule has 152 valence electrons. The molecule has 2 amide bonds. The molecular formula is C23H26N2O4. The second-order valence-electron chi connectivity index (χ2n) is 7.52. The van der Waals surface area contributed by atoms with E-state index < -0.39 is 18.0 Å². The first-order valence-electron chi connectivity index (χ1n) is 9.74. The largest absolute Gasteiger partial charge is 0.452 e. The van der Waals surface area contributed by atoms with Gasteiger partial charge in [-0.1, -0.05) is 47.5 Å². The van der Waals surface area contributed by atoms with Gasteiger partial charge in [0.2, 0.25) is 5.91 Å². The molecule has 2 aromatic carbocycles. The number of rotatable bonds is 6. The molecule has 3 rings (SSSR count). The molecule has 1 heterocycles. The highest BCUT2D eigenvalue weighted by Crippen LogP contribution is 2.26. The summed E-state index contributed by atoms with van der Waals surface area (Å²) in [6.07, 6.45) is -0.832. The number of nitrogens with one attached hydrogen (secondary N) is 1. The van der Waals surface area contributed by atoms with Crippen molar-refractivity contribution in [3.63, 3.8) is 0 Å². The number of hydrogen-bond acceptors (Lipinski definition) is 4. The predicted molar refractivity (Wildman–Crippen MR) is 110 cm³/mol. The molecule has 2 aromatic rings. The van der Waals surface area contributed by atoms with Crippen LogP contribution in [0.5, 0.6) is 0 Å². The Hall–Kier alpha value is -3.15. The Bertz CT molecular complexity index is 890. The lowest BCUT2D eigenvalue weighted by atomic mass is 10.1. The summed E-state index contributed by atoms with van der Waals surface area (Å²) in [5.41, 5.74) is 3.98. The highest BCUT2D eigenvalue weighted by Gasteiger charge is 2.37. The molecule has 1 saturated heterocycles. The van der Waals surface area contributed by atoms with Gasteiger partial charge in [0.25, 0.3) is 5.91 Å². The summed E-state index contributed by atoms with van der Waals surface area (Å²) < 4.78 is 5.33. The summed E-state index contributed by atoms with van der Waals surface area (Å²) in [5.74, 6) is -1.58. The zero-order valence-corrected chi connectivity index (χ0v) is 17.0. The van der Waals surface area contributed by atoms with Gasteiger partial charge in [0.05, 0.1) is 5.92 Å². The summed E-state index contributed by atoms with van der Waals surface area (Å²) in [4.78, 5) is 38.6. The third kappa shape index (κ3) is 5.22. The second kappa shape index (κ2) is 8.90. The lowest BCUT2D eigenvalue weighted by molar-refractivity contribution is -0.158. The standard InChI is InChI=1S/C23H26N2O4/c1-15-4-8-18(9-5-15)13-24-22(27)17(3)29-23(28)19-12-21(26)25(14-19)20-10-6-16(2)7-11-20/h4-11,17,19H,12-14H2,1-3H3,(H,24,27)/t17-,19-/m0/s1. The Morgan fingerprint density at radius 3 is 2.28 bits per heavy atom. The molecule has 6 nitrogen and oxygen atoms in total. The number of nitrogens with zero attached hydrogens (tertiary/aromatic N) is 1. The summed E-state index contributed by atoms with van der Waals surface area (Å²) in [6.45, 7) is 6.14. The van der Waals surface area contributed by atoms with E-state index in [4.69, 9.17) is 4.74 Å². The molecule has 0 aromatic heterocycles. The SMILES string of the molecule is Cc1ccc(CNC(=O)[C@H](C)OC(=O)[C@H]2CC(=O)N(c3ccc(C)cc3)C2)cc1. The molecule has 1 aliphatic rings. The van der Waals surface area contributed by atoms with Crippen molar-refractivity contribution in [2.75, 3.05) is 11.4 Å². The number of aryl methyl sites for hydroxylation is 2. The smallest absolute Gasteiger partial charge is 0.312 e. The Morgan fingerprint density at radius 1 is 1.07 bits per heavy atom. The van der Waals surface area contributed by atoms with Gasteiger partial charge >= 0.3 is 5.97 Å². The number of anilines is 1. The molecule has 1 aliphatic heterocycles. The molecule has 0 spiro atoms. The number of hydrogen-bond donors (Lipinski definition) is 1. The topological polar surface area (TPSA) is 75.7 Å². The zero-order chi connectivity index (χ0) is 21.0. The van der Waals surface area contributed by atoms with Gasteiger partial charge in [-0.05, 0) is 38.5 Å². The molecule has 1 fully saturated rings. The first kappa shape index (κ1) is 20.6. The van der Waals surface area contributed by atoms with Crippen molar-refractivity contribution >= 4 is 23.5 Å². The van der Waals surface area contributed by atoms with Crippen molar-refractivity contribution in [1.29, 1.82) is 0 Å². The van der Waals surface area contributed by atoms with Crippen LogP contribution in [0.25, 0.3) is 0 Å². The first-order chi connectivity index (χ1) is 13.8. The lowest BCUT2D eigenvalue weighted by Crippen LogP contribution is -2.37. The second-order valence-corrected chi connectivity index (χ2v) is 7.52. The van der Waals surface area contributed by atoms with Gasteiger partial charge < -0.3 is 15.0 Å².